The summed E-state index contributed by atoms with van der Waals surface area (Å²) in [6.07, 6.45) is 3.90. The minimum absolute atomic E-state index is 0.0883. The molecular formula is C24H19Br3Cl5F9N4O2S8. The first-order valence-corrected chi connectivity index (χ1v) is 25.2. The lowest BCUT2D eigenvalue weighted by molar-refractivity contribution is -0.00639. The van der Waals surface area contributed by atoms with Crippen molar-refractivity contribution in [2.45, 2.75) is 62.2 Å². The molecule has 0 saturated heterocycles. The molecule has 314 valence electrons. The smallest absolute Gasteiger partial charge is 0.344 e. The van der Waals surface area contributed by atoms with Crippen molar-refractivity contribution in [3.8, 4) is 0 Å². The molecule has 0 amide bonds. The summed E-state index contributed by atoms with van der Waals surface area (Å²) in [5.41, 5.74) is 0. The standard InChI is InChI=1S/C7H5BrCl2F3NO2S2.C7H5BrCl2F3NS2.C7H6BrClF3NS2.C3H3NS2/c8-7(12,13)6(10,11)1-2-18(15,16)5-14-3-4(9)17-5;8-7(12,13)6(10,11)1-2-15-5-14-3-4(9)16-5;8-7(11,12)6(9,10)1-3-14-5-13-2-4-15-5;5-3-4-1-2-6-3/h3H,1-2H2;3H,1-2H2;2,4H,1,3H2;1-2H,(H,4,5). The first-order chi connectivity index (χ1) is 24.9. The van der Waals surface area contributed by atoms with Crippen LogP contribution in [0.15, 0.2) is 48.6 Å². The molecule has 3 unspecified atom stereocenters. The largest absolute Gasteiger partial charge is 0.348 e. The lowest BCUT2D eigenvalue weighted by Crippen LogP contribution is -2.35. The molecule has 3 atom stereocenters. The van der Waals surface area contributed by atoms with Gasteiger partial charge in [0.25, 0.3) is 15.4 Å². The van der Waals surface area contributed by atoms with Crippen LogP contribution < -0.4 is 0 Å². The van der Waals surface area contributed by atoms with E-state index in [1.54, 1.807) is 27.5 Å². The summed E-state index contributed by atoms with van der Waals surface area (Å²) in [7, 11) is -3.99. The number of hydrogen-bond acceptors (Lipinski definition) is 12. The second kappa shape index (κ2) is 23.8. The maximum atomic E-state index is 13.3. The van der Waals surface area contributed by atoms with Gasteiger partial charge in [0.1, 0.15) is 13.0 Å². The summed E-state index contributed by atoms with van der Waals surface area (Å²) in [5, 5.41) is -5.98. The van der Waals surface area contributed by atoms with E-state index < -0.39 is 64.7 Å². The van der Waals surface area contributed by atoms with Crippen molar-refractivity contribution < 1.29 is 47.9 Å². The number of alkyl halides is 15. The van der Waals surface area contributed by atoms with Gasteiger partial charge in [-0.2, -0.15) is 26.3 Å². The summed E-state index contributed by atoms with van der Waals surface area (Å²) in [5.74, 6) is -0.669. The predicted molar refractivity (Wildman–Crippen MR) is 224 cm³/mol. The van der Waals surface area contributed by atoms with Gasteiger partial charge in [0.2, 0.25) is 14.2 Å². The Morgan fingerprint density at radius 2 is 1.18 bits per heavy atom. The molecule has 4 heterocycles. The Morgan fingerprint density at radius 1 is 0.709 bits per heavy atom. The number of rotatable bonds is 15. The topological polar surface area (TPSA) is 88.6 Å². The summed E-state index contributed by atoms with van der Waals surface area (Å²) >= 11 is 43.5. The van der Waals surface area contributed by atoms with Crippen LogP contribution in [-0.4, -0.2) is 75.5 Å². The third-order valence-corrected chi connectivity index (χ3v) is 17.6. The number of H-pyrrole nitrogens is 1. The average Bonchev–Trinajstić information content (AvgIpc) is 3.86. The molecule has 0 aliphatic heterocycles. The predicted octanol–water partition coefficient (Wildman–Crippen LogP) is 15.3. The van der Waals surface area contributed by atoms with Gasteiger partial charge in [-0.1, -0.05) is 104 Å². The normalized spacial score (nSPS) is 15.5. The van der Waals surface area contributed by atoms with E-state index in [4.69, 9.17) is 70.2 Å². The zero-order chi connectivity index (χ0) is 42.5. The maximum absolute atomic E-state index is 13.3. The number of halogens is 17. The molecule has 0 aliphatic carbocycles. The van der Waals surface area contributed by atoms with E-state index in [9.17, 15) is 47.9 Å². The van der Waals surface area contributed by atoms with Crippen LogP contribution in [-0.2, 0) is 9.84 Å². The highest BCUT2D eigenvalue weighted by molar-refractivity contribution is 9.10. The van der Waals surface area contributed by atoms with Crippen LogP contribution in [0.25, 0.3) is 0 Å². The third kappa shape index (κ3) is 20.8. The Balaban J connectivity index is 0.000000383. The van der Waals surface area contributed by atoms with Crippen LogP contribution in [0.2, 0.25) is 8.67 Å². The number of nitrogens with one attached hydrogen (secondary N) is 1. The van der Waals surface area contributed by atoms with E-state index in [0.29, 0.717) is 24.4 Å². The molecule has 0 aliphatic rings. The number of sulfone groups is 1. The minimum atomic E-state index is -4.03. The van der Waals surface area contributed by atoms with E-state index >= 15 is 0 Å². The van der Waals surface area contributed by atoms with Gasteiger partial charge in [-0.3, -0.25) is 0 Å². The summed E-state index contributed by atoms with van der Waals surface area (Å²) < 4.78 is 141. The van der Waals surface area contributed by atoms with E-state index in [1.165, 1.54) is 52.0 Å². The summed E-state index contributed by atoms with van der Waals surface area (Å²) in [6, 6.07) is 0. The molecule has 4 aromatic rings. The molecule has 6 nitrogen and oxygen atoms in total. The van der Waals surface area contributed by atoms with Gasteiger partial charge < -0.3 is 4.98 Å². The highest BCUT2D eigenvalue weighted by atomic mass is 79.9. The zero-order valence-corrected chi connectivity index (χ0v) is 41.1. The van der Waals surface area contributed by atoms with Crippen LogP contribution in [0, 0.1) is 3.95 Å². The van der Waals surface area contributed by atoms with Crippen molar-refractivity contribution in [1.29, 1.82) is 0 Å². The van der Waals surface area contributed by atoms with Crippen molar-refractivity contribution in [1.82, 2.24) is 19.9 Å². The molecular weight excluding hydrogens is 1220 g/mol. The minimum Gasteiger partial charge on any atom is -0.344 e. The van der Waals surface area contributed by atoms with Crippen molar-refractivity contribution in [2.75, 3.05) is 17.3 Å². The van der Waals surface area contributed by atoms with Gasteiger partial charge >= 0.3 is 14.5 Å². The Morgan fingerprint density at radius 3 is 1.53 bits per heavy atom. The Bertz CT molecular complexity index is 1860. The molecule has 0 fully saturated rings. The van der Waals surface area contributed by atoms with Crippen LogP contribution in [0.4, 0.5) is 39.5 Å². The van der Waals surface area contributed by atoms with Gasteiger partial charge in [-0.05, 0) is 60.0 Å². The van der Waals surface area contributed by atoms with Crippen LogP contribution in [0.3, 0.4) is 0 Å². The Hall–Kier alpha value is 1.65. The fourth-order valence-corrected chi connectivity index (χ4v) is 11.1. The number of hydrogen-bond donors (Lipinski definition) is 1. The van der Waals surface area contributed by atoms with Crippen molar-refractivity contribution >= 4 is 197 Å². The molecule has 0 spiro atoms. The van der Waals surface area contributed by atoms with E-state index in [0.717, 1.165) is 21.9 Å². The van der Waals surface area contributed by atoms with Gasteiger partial charge in [0.05, 0.1) is 18.1 Å². The van der Waals surface area contributed by atoms with Crippen molar-refractivity contribution in [3.05, 3.63) is 48.2 Å². The molecule has 55 heavy (non-hydrogen) atoms. The van der Waals surface area contributed by atoms with Gasteiger partial charge in [0.15, 0.2) is 8.29 Å². The van der Waals surface area contributed by atoms with Crippen molar-refractivity contribution in [2.24, 2.45) is 0 Å². The number of aromatic amines is 1. The Kier molecular flexibility index (Phi) is 23.6. The molecule has 4 aromatic heterocycles. The SMILES string of the molecule is FC(F)(Br)C(F)(Cl)CCSc1ncc(Cl)s1.FC(F)(Br)C(F)(Cl)CCSc1nccs1.O=S(=O)(CCC(F)(Cl)C(F)(F)Br)c1ncc(Cl)s1.S=c1[nH]ccs1. The van der Waals surface area contributed by atoms with Crippen LogP contribution in [0.1, 0.15) is 19.3 Å². The van der Waals surface area contributed by atoms with Gasteiger partial charge in [-0.25, -0.2) is 36.5 Å². The molecule has 4 rings (SSSR count). The average molecular weight is 1240 g/mol. The molecule has 31 heteroatoms. The molecule has 0 radical (unpaired) electrons. The summed E-state index contributed by atoms with van der Waals surface area (Å²) in [6.45, 7) is 0. The zero-order valence-electron chi connectivity index (χ0n) is 26.1. The van der Waals surface area contributed by atoms with E-state index in [2.05, 4.69) is 19.9 Å². The van der Waals surface area contributed by atoms with Gasteiger partial charge in [-0.15, -0.1) is 22.7 Å². The molecule has 0 saturated carbocycles. The quantitative estimate of drug-likeness (QED) is 0.0545. The molecule has 0 aromatic carbocycles. The fourth-order valence-electron chi connectivity index (χ4n) is 2.51. The van der Waals surface area contributed by atoms with Crippen molar-refractivity contribution in [3.63, 3.8) is 0 Å². The number of aromatic nitrogens is 4. The maximum Gasteiger partial charge on any atom is 0.348 e. The van der Waals surface area contributed by atoms with Gasteiger partial charge in [0, 0.05) is 53.9 Å². The first-order valence-electron chi connectivity index (χ1n) is 13.5. The number of thioether (sulfide) groups is 2. The lowest BCUT2D eigenvalue weighted by Gasteiger charge is -2.22. The molecule has 1 N–H and O–H groups in total. The van der Waals surface area contributed by atoms with Crippen LogP contribution in [0.5, 0.6) is 0 Å². The monoisotopic (exact) mass is 1230 g/mol. The van der Waals surface area contributed by atoms with E-state index in [1.807, 2.05) is 43.4 Å². The lowest BCUT2D eigenvalue weighted by atomic mass is 10.3. The summed E-state index contributed by atoms with van der Waals surface area (Å²) in [4.78, 5) is 2.62. The van der Waals surface area contributed by atoms with Crippen LogP contribution >= 0.6 is 187 Å². The second-order valence-corrected chi connectivity index (χ2v) is 24.9. The fraction of sp³-hybridized carbons (Fsp3) is 0.500. The van der Waals surface area contributed by atoms with E-state index in [-0.39, 0.29) is 20.2 Å². The number of nitrogens with zero attached hydrogens (tertiary/aromatic N) is 3. The molecule has 0 bridgehead atoms. The Labute approximate surface area is 387 Å². The first kappa shape index (κ1) is 54.7. The highest BCUT2D eigenvalue weighted by Crippen LogP contribution is 2.46. The highest BCUT2D eigenvalue weighted by Gasteiger charge is 2.53. The number of thiazole rings is 4. The third-order valence-electron chi connectivity index (χ3n) is 5.24. The second-order valence-electron chi connectivity index (χ2n) is 9.38.